The Morgan fingerprint density at radius 2 is 1.00 bits per heavy atom. The first kappa shape index (κ1) is 26.3. The molecule has 0 spiro atoms. The standard InChI is InChI=1S/C21H42O6/c1-3-5-6-7-8-9-10-11-13-23-15-17-25-19-20-26-18-16-24-14-12-21(22)27-4-2/h3-20H2,1-2H3. The summed E-state index contributed by atoms with van der Waals surface area (Å²) in [5.74, 6) is -0.226. The second kappa shape index (κ2) is 23.3. The van der Waals surface area contributed by atoms with Gasteiger partial charge in [0.2, 0.25) is 0 Å². The molecule has 6 heteroatoms. The molecule has 0 radical (unpaired) electrons. The molecule has 0 aromatic heterocycles. The first-order valence-electron chi connectivity index (χ1n) is 10.8. The topological polar surface area (TPSA) is 63.2 Å². The zero-order chi connectivity index (χ0) is 19.8. The minimum atomic E-state index is -0.226. The Morgan fingerprint density at radius 3 is 1.52 bits per heavy atom. The van der Waals surface area contributed by atoms with Crippen molar-refractivity contribution in [1.82, 2.24) is 0 Å². The fourth-order valence-corrected chi connectivity index (χ4v) is 2.49. The van der Waals surface area contributed by atoms with Crippen LogP contribution in [-0.4, -0.2) is 65.4 Å². The molecule has 0 saturated carbocycles. The zero-order valence-corrected chi connectivity index (χ0v) is 17.7. The Kier molecular flexibility index (Phi) is 22.8. The molecule has 0 aromatic rings. The average molecular weight is 391 g/mol. The van der Waals surface area contributed by atoms with Gasteiger partial charge in [0.15, 0.2) is 0 Å². The highest BCUT2D eigenvalue weighted by Gasteiger charge is 2.00. The third-order valence-electron chi connectivity index (χ3n) is 4.01. The van der Waals surface area contributed by atoms with E-state index in [4.69, 9.17) is 23.7 Å². The molecule has 0 atom stereocenters. The van der Waals surface area contributed by atoms with Crippen LogP contribution in [0.25, 0.3) is 0 Å². The van der Waals surface area contributed by atoms with Crippen molar-refractivity contribution < 1.29 is 28.5 Å². The van der Waals surface area contributed by atoms with Crippen LogP contribution < -0.4 is 0 Å². The van der Waals surface area contributed by atoms with E-state index in [1.807, 2.05) is 0 Å². The van der Waals surface area contributed by atoms with Gasteiger partial charge in [-0.15, -0.1) is 0 Å². The van der Waals surface area contributed by atoms with Crippen molar-refractivity contribution in [2.45, 2.75) is 71.6 Å². The summed E-state index contributed by atoms with van der Waals surface area (Å²) in [4.78, 5) is 11.1. The number of ether oxygens (including phenoxy) is 5. The summed E-state index contributed by atoms with van der Waals surface area (Å²) in [7, 11) is 0. The van der Waals surface area contributed by atoms with Crippen molar-refractivity contribution in [3.05, 3.63) is 0 Å². The number of unbranched alkanes of at least 4 members (excludes halogenated alkanes) is 7. The van der Waals surface area contributed by atoms with E-state index < -0.39 is 0 Å². The Bertz CT molecular complexity index is 298. The predicted molar refractivity (Wildman–Crippen MR) is 107 cm³/mol. The maximum atomic E-state index is 11.1. The molecule has 0 aliphatic carbocycles. The second-order valence-corrected chi connectivity index (χ2v) is 6.48. The van der Waals surface area contributed by atoms with Gasteiger partial charge >= 0.3 is 5.97 Å². The molecular weight excluding hydrogens is 348 g/mol. The largest absolute Gasteiger partial charge is 0.466 e. The van der Waals surface area contributed by atoms with Crippen LogP contribution >= 0.6 is 0 Å². The van der Waals surface area contributed by atoms with Crippen LogP contribution in [0, 0.1) is 0 Å². The SMILES string of the molecule is CCCCCCCCCCOCCOCCOCCOCCC(=O)OCC. The molecule has 6 nitrogen and oxygen atoms in total. The third-order valence-corrected chi connectivity index (χ3v) is 4.01. The molecule has 0 bridgehead atoms. The monoisotopic (exact) mass is 390 g/mol. The van der Waals surface area contributed by atoms with Gasteiger partial charge in [-0.3, -0.25) is 4.79 Å². The van der Waals surface area contributed by atoms with Crippen LogP contribution in [0.2, 0.25) is 0 Å². The van der Waals surface area contributed by atoms with E-state index in [2.05, 4.69) is 6.92 Å². The summed E-state index contributed by atoms with van der Waals surface area (Å²) in [6.45, 7) is 8.98. The lowest BCUT2D eigenvalue weighted by Crippen LogP contribution is -2.13. The van der Waals surface area contributed by atoms with Gasteiger partial charge in [0.05, 0.1) is 59.3 Å². The van der Waals surface area contributed by atoms with E-state index in [1.165, 1.54) is 44.9 Å². The van der Waals surface area contributed by atoms with Crippen molar-refractivity contribution >= 4 is 5.97 Å². The molecule has 0 saturated heterocycles. The molecule has 0 aliphatic rings. The number of rotatable bonds is 22. The third kappa shape index (κ3) is 23.3. The zero-order valence-electron chi connectivity index (χ0n) is 17.7. The molecule has 0 aromatic carbocycles. The van der Waals surface area contributed by atoms with Gasteiger partial charge in [0.1, 0.15) is 0 Å². The van der Waals surface area contributed by atoms with Gasteiger partial charge in [-0.1, -0.05) is 51.9 Å². The first-order chi connectivity index (χ1) is 13.3. The highest BCUT2D eigenvalue weighted by atomic mass is 16.6. The molecular formula is C21H42O6. The van der Waals surface area contributed by atoms with E-state index in [0.717, 1.165) is 13.0 Å². The summed E-state index contributed by atoms with van der Waals surface area (Å²) in [6.07, 6.45) is 10.8. The minimum absolute atomic E-state index is 0.226. The Morgan fingerprint density at radius 1 is 0.556 bits per heavy atom. The quantitative estimate of drug-likeness (QED) is 0.204. The average Bonchev–Trinajstić information content (AvgIpc) is 2.66. The lowest BCUT2D eigenvalue weighted by atomic mass is 10.1. The van der Waals surface area contributed by atoms with Gasteiger partial charge in [0.25, 0.3) is 0 Å². The molecule has 162 valence electrons. The summed E-state index contributed by atoms with van der Waals surface area (Å²) >= 11 is 0. The van der Waals surface area contributed by atoms with Crippen LogP contribution in [0.4, 0.5) is 0 Å². The van der Waals surface area contributed by atoms with Gasteiger partial charge in [-0.25, -0.2) is 0 Å². The molecule has 27 heavy (non-hydrogen) atoms. The molecule has 0 rings (SSSR count). The first-order valence-corrected chi connectivity index (χ1v) is 10.8. The predicted octanol–water partition coefficient (Wildman–Crippen LogP) is 4.15. The van der Waals surface area contributed by atoms with Gasteiger partial charge in [-0.2, -0.15) is 0 Å². The summed E-state index contributed by atoms with van der Waals surface area (Å²) in [5.41, 5.74) is 0. The number of carbonyl (C=O) groups is 1. The molecule has 0 aliphatic heterocycles. The van der Waals surface area contributed by atoms with Crippen LogP contribution in [-0.2, 0) is 28.5 Å². The maximum Gasteiger partial charge on any atom is 0.308 e. The van der Waals surface area contributed by atoms with Crippen LogP contribution in [0.15, 0.2) is 0 Å². The van der Waals surface area contributed by atoms with E-state index in [9.17, 15) is 4.79 Å². The Labute approximate surface area is 166 Å². The summed E-state index contributed by atoms with van der Waals surface area (Å²) in [5, 5.41) is 0. The Hall–Kier alpha value is -0.690. The van der Waals surface area contributed by atoms with Crippen molar-refractivity contribution in [1.29, 1.82) is 0 Å². The number of hydrogen-bond acceptors (Lipinski definition) is 6. The van der Waals surface area contributed by atoms with E-state index in [-0.39, 0.29) is 12.4 Å². The summed E-state index contributed by atoms with van der Waals surface area (Å²) in [6, 6.07) is 0. The minimum Gasteiger partial charge on any atom is -0.466 e. The van der Waals surface area contributed by atoms with E-state index >= 15 is 0 Å². The number of hydrogen-bond donors (Lipinski definition) is 0. The molecule has 0 fully saturated rings. The van der Waals surface area contributed by atoms with Gasteiger partial charge in [0, 0.05) is 6.61 Å². The Balaban J connectivity index is 3.02. The lowest BCUT2D eigenvalue weighted by molar-refractivity contribution is -0.144. The van der Waals surface area contributed by atoms with E-state index in [0.29, 0.717) is 52.9 Å². The fourth-order valence-electron chi connectivity index (χ4n) is 2.49. The molecule has 0 heterocycles. The van der Waals surface area contributed by atoms with Crippen LogP contribution in [0.1, 0.15) is 71.6 Å². The smallest absolute Gasteiger partial charge is 0.308 e. The lowest BCUT2D eigenvalue weighted by Gasteiger charge is -2.07. The summed E-state index contributed by atoms with van der Waals surface area (Å²) < 4.78 is 26.5. The fraction of sp³-hybridized carbons (Fsp3) is 0.952. The van der Waals surface area contributed by atoms with Crippen molar-refractivity contribution in [2.75, 3.05) is 59.5 Å². The van der Waals surface area contributed by atoms with Crippen molar-refractivity contribution in [3.63, 3.8) is 0 Å². The van der Waals surface area contributed by atoms with E-state index in [1.54, 1.807) is 6.92 Å². The highest BCUT2D eigenvalue weighted by molar-refractivity contribution is 5.69. The number of esters is 1. The highest BCUT2D eigenvalue weighted by Crippen LogP contribution is 2.08. The maximum absolute atomic E-state index is 11.1. The van der Waals surface area contributed by atoms with Gasteiger partial charge < -0.3 is 23.7 Å². The van der Waals surface area contributed by atoms with Crippen molar-refractivity contribution in [3.8, 4) is 0 Å². The molecule has 0 N–H and O–H groups in total. The van der Waals surface area contributed by atoms with Crippen molar-refractivity contribution in [2.24, 2.45) is 0 Å². The van der Waals surface area contributed by atoms with Gasteiger partial charge in [-0.05, 0) is 13.3 Å². The van der Waals surface area contributed by atoms with Crippen LogP contribution in [0.5, 0.6) is 0 Å². The number of carbonyl (C=O) groups excluding carboxylic acids is 1. The second-order valence-electron chi connectivity index (χ2n) is 6.48. The van der Waals surface area contributed by atoms with Crippen LogP contribution in [0.3, 0.4) is 0 Å². The molecule has 0 unspecified atom stereocenters. The normalized spacial score (nSPS) is 11.0. The molecule has 0 amide bonds.